The highest BCUT2D eigenvalue weighted by molar-refractivity contribution is 5.93. The van der Waals surface area contributed by atoms with E-state index in [-0.39, 0.29) is 11.5 Å². The summed E-state index contributed by atoms with van der Waals surface area (Å²) in [7, 11) is 0. The molecule has 4 nitrogen and oxygen atoms in total. The third-order valence-corrected chi connectivity index (χ3v) is 1.91. The number of nitrogens with zero attached hydrogens (tertiary/aromatic N) is 1. The van der Waals surface area contributed by atoms with Crippen molar-refractivity contribution < 1.29 is 9.72 Å². The molecule has 1 rings (SSSR count). The lowest BCUT2D eigenvalue weighted by Crippen LogP contribution is -1.88. The molecule has 0 amide bonds. The number of hydrogen-bond donors (Lipinski definition) is 0. The molecule has 0 aliphatic carbocycles. The predicted molar refractivity (Wildman–Crippen MR) is 57.4 cm³/mol. The summed E-state index contributed by atoms with van der Waals surface area (Å²) in [5, 5.41) is 10.4. The maximum Gasteiger partial charge on any atom is 0.269 e. The number of nitro groups is 1. The minimum atomic E-state index is -0.454. The van der Waals surface area contributed by atoms with Gasteiger partial charge < -0.3 is 0 Å². The third kappa shape index (κ3) is 3.34. The first-order valence-electron chi connectivity index (χ1n) is 4.59. The monoisotopic (exact) mass is 205 g/mol. The number of nitro benzene ring substituents is 1. The minimum Gasteiger partial charge on any atom is -0.295 e. The fourth-order valence-electron chi connectivity index (χ4n) is 1.01. The molecule has 4 heteroatoms. The number of carbonyl (C=O) groups is 1. The number of benzene rings is 1. The van der Waals surface area contributed by atoms with Crippen LogP contribution in [0.2, 0.25) is 0 Å². The Morgan fingerprint density at radius 3 is 2.47 bits per heavy atom. The molecule has 0 atom stereocenters. The summed E-state index contributed by atoms with van der Waals surface area (Å²) in [6.07, 6.45) is 3.58. The van der Waals surface area contributed by atoms with Gasteiger partial charge in [-0.05, 0) is 23.8 Å². The van der Waals surface area contributed by atoms with Gasteiger partial charge in [0, 0.05) is 18.6 Å². The lowest BCUT2D eigenvalue weighted by atomic mass is 10.1. The largest absolute Gasteiger partial charge is 0.295 e. The van der Waals surface area contributed by atoms with E-state index >= 15 is 0 Å². The number of ketones is 1. The Kier molecular flexibility index (Phi) is 3.74. The SMILES string of the molecule is CCC(=O)/C=C/c1ccc([N+](=O)[O-])cc1. The van der Waals surface area contributed by atoms with Crippen molar-refractivity contribution >= 4 is 17.5 Å². The van der Waals surface area contributed by atoms with E-state index < -0.39 is 4.92 Å². The molecule has 0 fully saturated rings. The van der Waals surface area contributed by atoms with Crippen molar-refractivity contribution in [3.8, 4) is 0 Å². The quantitative estimate of drug-likeness (QED) is 0.431. The van der Waals surface area contributed by atoms with Gasteiger partial charge in [-0.2, -0.15) is 0 Å². The molecule has 0 saturated carbocycles. The second-order valence-electron chi connectivity index (χ2n) is 3.00. The maximum atomic E-state index is 11.0. The molecule has 78 valence electrons. The van der Waals surface area contributed by atoms with Crippen LogP contribution in [-0.2, 0) is 4.79 Å². The standard InChI is InChI=1S/C11H11NO3/c1-2-11(13)8-5-9-3-6-10(7-4-9)12(14)15/h3-8H,2H2,1H3/b8-5+. The van der Waals surface area contributed by atoms with Crippen LogP contribution in [0.25, 0.3) is 6.08 Å². The zero-order chi connectivity index (χ0) is 11.3. The Morgan fingerprint density at radius 2 is 2.00 bits per heavy atom. The van der Waals surface area contributed by atoms with Crippen LogP contribution in [0.3, 0.4) is 0 Å². The van der Waals surface area contributed by atoms with Gasteiger partial charge in [0.1, 0.15) is 0 Å². The average Bonchev–Trinajstić information content (AvgIpc) is 2.26. The van der Waals surface area contributed by atoms with E-state index in [1.54, 1.807) is 25.1 Å². The Bertz CT molecular complexity index is 393. The van der Waals surface area contributed by atoms with E-state index in [4.69, 9.17) is 0 Å². The molecule has 0 N–H and O–H groups in total. The second-order valence-corrected chi connectivity index (χ2v) is 3.00. The van der Waals surface area contributed by atoms with Crippen molar-refractivity contribution in [2.75, 3.05) is 0 Å². The molecular weight excluding hydrogens is 194 g/mol. The smallest absolute Gasteiger partial charge is 0.269 e. The molecule has 0 aromatic heterocycles. The average molecular weight is 205 g/mol. The summed E-state index contributed by atoms with van der Waals surface area (Å²) in [5.41, 5.74) is 0.830. The highest BCUT2D eigenvalue weighted by Crippen LogP contribution is 2.12. The molecular formula is C11H11NO3. The zero-order valence-electron chi connectivity index (χ0n) is 8.34. The number of carbonyl (C=O) groups excluding carboxylic acids is 1. The molecule has 0 radical (unpaired) electrons. The molecule has 0 aliphatic heterocycles. The summed E-state index contributed by atoms with van der Waals surface area (Å²) < 4.78 is 0. The topological polar surface area (TPSA) is 60.2 Å². The van der Waals surface area contributed by atoms with Crippen LogP contribution >= 0.6 is 0 Å². The van der Waals surface area contributed by atoms with E-state index in [0.29, 0.717) is 6.42 Å². The lowest BCUT2D eigenvalue weighted by molar-refractivity contribution is -0.384. The van der Waals surface area contributed by atoms with Gasteiger partial charge in [0.05, 0.1) is 4.92 Å². The molecule has 1 aromatic carbocycles. The van der Waals surface area contributed by atoms with Gasteiger partial charge in [-0.3, -0.25) is 14.9 Å². The first-order valence-corrected chi connectivity index (χ1v) is 4.59. The van der Waals surface area contributed by atoms with Crippen LogP contribution in [-0.4, -0.2) is 10.7 Å². The van der Waals surface area contributed by atoms with Crippen molar-refractivity contribution in [1.82, 2.24) is 0 Å². The summed E-state index contributed by atoms with van der Waals surface area (Å²) in [6.45, 7) is 1.78. The van der Waals surface area contributed by atoms with E-state index in [1.165, 1.54) is 18.2 Å². The highest BCUT2D eigenvalue weighted by Gasteiger charge is 2.02. The summed E-state index contributed by atoms with van der Waals surface area (Å²) in [5.74, 6) is 0.0355. The van der Waals surface area contributed by atoms with E-state index in [9.17, 15) is 14.9 Å². The molecule has 0 saturated heterocycles. The number of non-ortho nitro benzene ring substituents is 1. The normalized spacial score (nSPS) is 10.5. The molecule has 0 unspecified atom stereocenters. The van der Waals surface area contributed by atoms with Crippen LogP contribution in [0.15, 0.2) is 30.3 Å². The number of allylic oxidation sites excluding steroid dienone is 1. The minimum absolute atomic E-state index is 0.0355. The van der Waals surface area contributed by atoms with E-state index in [2.05, 4.69) is 0 Å². The van der Waals surface area contributed by atoms with Crippen LogP contribution in [0.4, 0.5) is 5.69 Å². The fourth-order valence-corrected chi connectivity index (χ4v) is 1.01. The Balaban J connectivity index is 2.77. The summed E-state index contributed by atoms with van der Waals surface area (Å²) >= 11 is 0. The Morgan fingerprint density at radius 1 is 1.40 bits per heavy atom. The molecule has 0 bridgehead atoms. The number of rotatable bonds is 4. The van der Waals surface area contributed by atoms with Crippen molar-refractivity contribution in [3.05, 3.63) is 46.0 Å². The second kappa shape index (κ2) is 5.05. The predicted octanol–water partition coefficient (Wildman–Crippen LogP) is 2.59. The van der Waals surface area contributed by atoms with Gasteiger partial charge in [0.2, 0.25) is 0 Å². The Labute approximate surface area is 87.4 Å². The van der Waals surface area contributed by atoms with Gasteiger partial charge in [0.25, 0.3) is 5.69 Å². The Hall–Kier alpha value is -1.97. The fraction of sp³-hybridized carbons (Fsp3) is 0.182. The van der Waals surface area contributed by atoms with Crippen molar-refractivity contribution in [3.63, 3.8) is 0 Å². The summed E-state index contributed by atoms with van der Waals surface area (Å²) in [4.78, 5) is 20.9. The van der Waals surface area contributed by atoms with Gasteiger partial charge in [-0.15, -0.1) is 0 Å². The molecule has 15 heavy (non-hydrogen) atoms. The van der Waals surface area contributed by atoms with Gasteiger partial charge in [-0.1, -0.05) is 13.0 Å². The van der Waals surface area contributed by atoms with Gasteiger partial charge in [-0.25, -0.2) is 0 Å². The first kappa shape index (κ1) is 11.1. The first-order chi connectivity index (χ1) is 7.13. The van der Waals surface area contributed by atoms with Crippen molar-refractivity contribution in [2.24, 2.45) is 0 Å². The van der Waals surface area contributed by atoms with Crippen molar-refractivity contribution in [2.45, 2.75) is 13.3 Å². The van der Waals surface area contributed by atoms with Crippen LogP contribution in [0.5, 0.6) is 0 Å². The van der Waals surface area contributed by atoms with Crippen LogP contribution in [0.1, 0.15) is 18.9 Å². The highest BCUT2D eigenvalue weighted by atomic mass is 16.6. The summed E-state index contributed by atoms with van der Waals surface area (Å²) in [6, 6.07) is 6.04. The van der Waals surface area contributed by atoms with Gasteiger partial charge >= 0.3 is 0 Å². The lowest BCUT2D eigenvalue weighted by Gasteiger charge is -1.93. The third-order valence-electron chi connectivity index (χ3n) is 1.91. The van der Waals surface area contributed by atoms with E-state index in [0.717, 1.165) is 5.56 Å². The molecule has 0 heterocycles. The van der Waals surface area contributed by atoms with E-state index in [1.807, 2.05) is 0 Å². The molecule has 0 aliphatic rings. The van der Waals surface area contributed by atoms with Gasteiger partial charge in [0.15, 0.2) is 5.78 Å². The molecule has 0 spiro atoms. The van der Waals surface area contributed by atoms with Crippen LogP contribution in [0, 0.1) is 10.1 Å². The maximum absolute atomic E-state index is 11.0. The number of hydrogen-bond acceptors (Lipinski definition) is 3. The molecule has 1 aromatic rings. The van der Waals surface area contributed by atoms with Crippen molar-refractivity contribution in [1.29, 1.82) is 0 Å². The zero-order valence-corrected chi connectivity index (χ0v) is 8.34. The van der Waals surface area contributed by atoms with Crippen LogP contribution < -0.4 is 0 Å².